The van der Waals surface area contributed by atoms with Crippen molar-refractivity contribution >= 4 is 5.84 Å². The molecule has 1 heterocycles. The smallest absolute Gasteiger partial charge is 0.143 e. The van der Waals surface area contributed by atoms with E-state index in [0.29, 0.717) is 5.84 Å². The lowest BCUT2D eigenvalue weighted by molar-refractivity contribution is 1.07. The zero-order chi connectivity index (χ0) is 6.69. The SMILES string of the molecule is CN=C(N)c1ccn[nH]1. The molecule has 3 N–H and O–H groups in total. The highest BCUT2D eigenvalue weighted by Gasteiger charge is 1.94. The summed E-state index contributed by atoms with van der Waals surface area (Å²) in [5.41, 5.74) is 6.18. The maximum absolute atomic E-state index is 5.42. The molecule has 0 unspecified atom stereocenters. The highest BCUT2D eigenvalue weighted by Crippen LogP contribution is 1.88. The van der Waals surface area contributed by atoms with Crippen molar-refractivity contribution in [3.8, 4) is 0 Å². The van der Waals surface area contributed by atoms with Gasteiger partial charge in [-0.3, -0.25) is 10.1 Å². The van der Waals surface area contributed by atoms with Gasteiger partial charge in [0.15, 0.2) is 0 Å². The molecule has 9 heavy (non-hydrogen) atoms. The van der Waals surface area contributed by atoms with Gasteiger partial charge >= 0.3 is 0 Å². The van der Waals surface area contributed by atoms with Gasteiger partial charge in [0.25, 0.3) is 0 Å². The third-order valence-electron chi connectivity index (χ3n) is 1.02. The Morgan fingerprint density at radius 1 is 1.89 bits per heavy atom. The second-order valence-electron chi connectivity index (χ2n) is 1.58. The van der Waals surface area contributed by atoms with Crippen LogP contribution in [0.4, 0.5) is 0 Å². The second-order valence-corrected chi connectivity index (χ2v) is 1.58. The van der Waals surface area contributed by atoms with Crippen LogP contribution in [0.3, 0.4) is 0 Å². The van der Waals surface area contributed by atoms with Crippen molar-refractivity contribution in [1.82, 2.24) is 10.2 Å². The van der Waals surface area contributed by atoms with Crippen molar-refractivity contribution in [3.05, 3.63) is 18.0 Å². The molecule has 1 aromatic heterocycles. The lowest BCUT2D eigenvalue weighted by Gasteiger charge is -1.89. The van der Waals surface area contributed by atoms with Crippen LogP contribution in [0.2, 0.25) is 0 Å². The number of hydrogen-bond donors (Lipinski definition) is 2. The summed E-state index contributed by atoms with van der Waals surface area (Å²) in [5, 5.41) is 6.39. The Morgan fingerprint density at radius 3 is 3.11 bits per heavy atom. The fourth-order valence-electron chi connectivity index (χ4n) is 0.519. The molecule has 0 fully saturated rings. The fourth-order valence-corrected chi connectivity index (χ4v) is 0.519. The first-order valence-electron chi connectivity index (χ1n) is 2.56. The summed E-state index contributed by atoms with van der Waals surface area (Å²) in [5.74, 6) is 0.479. The predicted octanol–water partition coefficient (Wildman–Crippen LogP) is -0.255. The van der Waals surface area contributed by atoms with Gasteiger partial charge in [0.1, 0.15) is 5.84 Å². The van der Waals surface area contributed by atoms with E-state index in [1.54, 1.807) is 19.3 Å². The summed E-state index contributed by atoms with van der Waals surface area (Å²) in [6.45, 7) is 0. The molecule has 4 nitrogen and oxygen atoms in total. The molecule has 0 aliphatic heterocycles. The third-order valence-corrected chi connectivity index (χ3v) is 1.02. The summed E-state index contributed by atoms with van der Waals surface area (Å²) >= 11 is 0. The maximum atomic E-state index is 5.42. The van der Waals surface area contributed by atoms with E-state index in [1.807, 2.05) is 0 Å². The number of hydrogen-bond acceptors (Lipinski definition) is 2. The molecule has 0 saturated heterocycles. The van der Waals surface area contributed by atoms with Crippen molar-refractivity contribution in [1.29, 1.82) is 0 Å². The van der Waals surface area contributed by atoms with Gasteiger partial charge in [0, 0.05) is 13.2 Å². The quantitative estimate of drug-likeness (QED) is 0.400. The molecular weight excluding hydrogens is 116 g/mol. The van der Waals surface area contributed by atoms with Crippen LogP contribution in [-0.2, 0) is 0 Å². The highest BCUT2D eigenvalue weighted by molar-refractivity contribution is 5.95. The average Bonchev–Trinajstić information content (AvgIpc) is 2.37. The number of nitrogens with two attached hydrogens (primary N) is 1. The molecule has 0 aromatic carbocycles. The Labute approximate surface area is 52.8 Å². The van der Waals surface area contributed by atoms with E-state index in [0.717, 1.165) is 5.69 Å². The van der Waals surface area contributed by atoms with Gasteiger partial charge in [-0.25, -0.2) is 0 Å². The number of nitrogens with one attached hydrogen (secondary N) is 1. The highest BCUT2D eigenvalue weighted by atomic mass is 15.1. The predicted molar refractivity (Wildman–Crippen MR) is 35.2 cm³/mol. The van der Waals surface area contributed by atoms with Crippen molar-refractivity contribution in [2.45, 2.75) is 0 Å². The summed E-state index contributed by atoms with van der Waals surface area (Å²) in [7, 11) is 1.64. The molecule has 0 atom stereocenters. The van der Waals surface area contributed by atoms with Crippen molar-refractivity contribution < 1.29 is 0 Å². The largest absolute Gasteiger partial charge is 0.382 e. The second kappa shape index (κ2) is 2.30. The van der Waals surface area contributed by atoms with Crippen LogP contribution >= 0.6 is 0 Å². The molecule has 4 heteroatoms. The topological polar surface area (TPSA) is 67.1 Å². The van der Waals surface area contributed by atoms with Crippen LogP contribution in [0.25, 0.3) is 0 Å². The van der Waals surface area contributed by atoms with Gasteiger partial charge in [-0.05, 0) is 6.07 Å². The molecule has 0 saturated carbocycles. The molecule has 0 amide bonds. The van der Waals surface area contributed by atoms with Crippen LogP contribution in [-0.4, -0.2) is 23.1 Å². The van der Waals surface area contributed by atoms with Crippen LogP contribution < -0.4 is 5.73 Å². The van der Waals surface area contributed by atoms with Gasteiger partial charge in [0.2, 0.25) is 0 Å². The molecule has 1 aromatic rings. The van der Waals surface area contributed by atoms with Crippen LogP contribution in [0.1, 0.15) is 5.69 Å². The van der Waals surface area contributed by atoms with Crippen LogP contribution in [0, 0.1) is 0 Å². The number of aliphatic imine (C=N–C) groups is 1. The van der Waals surface area contributed by atoms with Gasteiger partial charge in [-0.15, -0.1) is 0 Å². The van der Waals surface area contributed by atoms with Crippen molar-refractivity contribution in [2.75, 3.05) is 7.05 Å². The zero-order valence-corrected chi connectivity index (χ0v) is 5.13. The summed E-state index contributed by atoms with van der Waals surface area (Å²) in [6.07, 6.45) is 1.63. The summed E-state index contributed by atoms with van der Waals surface area (Å²) in [4.78, 5) is 3.75. The Balaban J connectivity index is 2.90. The molecule has 48 valence electrons. The van der Waals surface area contributed by atoms with E-state index < -0.39 is 0 Å². The van der Waals surface area contributed by atoms with Gasteiger partial charge in [-0.2, -0.15) is 5.10 Å². The lowest BCUT2D eigenvalue weighted by atomic mass is 10.4. The number of H-pyrrole nitrogens is 1. The van der Waals surface area contributed by atoms with Crippen molar-refractivity contribution in [3.63, 3.8) is 0 Å². The number of amidine groups is 1. The van der Waals surface area contributed by atoms with E-state index >= 15 is 0 Å². The van der Waals surface area contributed by atoms with Gasteiger partial charge in [0.05, 0.1) is 5.69 Å². The first-order chi connectivity index (χ1) is 4.34. The van der Waals surface area contributed by atoms with E-state index in [2.05, 4.69) is 15.2 Å². The number of aromatic amines is 1. The van der Waals surface area contributed by atoms with E-state index in [1.165, 1.54) is 0 Å². The Bertz CT molecular complexity index is 199. The van der Waals surface area contributed by atoms with Crippen LogP contribution in [0.5, 0.6) is 0 Å². The minimum Gasteiger partial charge on any atom is -0.382 e. The minimum absolute atomic E-state index is 0.479. The third kappa shape index (κ3) is 1.07. The van der Waals surface area contributed by atoms with E-state index in [-0.39, 0.29) is 0 Å². The molecule has 0 aliphatic carbocycles. The molecule has 0 aliphatic rings. The average molecular weight is 124 g/mol. The monoisotopic (exact) mass is 124 g/mol. The molecular formula is C5H8N4. The number of nitrogens with zero attached hydrogens (tertiary/aromatic N) is 2. The van der Waals surface area contributed by atoms with Crippen molar-refractivity contribution in [2.24, 2.45) is 10.7 Å². The number of rotatable bonds is 1. The van der Waals surface area contributed by atoms with Gasteiger partial charge in [-0.1, -0.05) is 0 Å². The Morgan fingerprint density at radius 2 is 2.67 bits per heavy atom. The van der Waals surface area contributed by atoms with E-state index in [9.17, 15) is 0 Å². The van der Waals surface area contributed by atoms with Crippen LogP contribution in [0.15, 0.2) is 17.3 Å². The number of aromatic nitrogens is 2. The fraction of sp³-hybridized carbons (Fsp3) is 0.200. The molecule has 0 spiro atoms. The normalized spacial score (nSPS) is 11.9. The summed E-state index contributed by atoms with van der Waals surface area (Å²) in [6, 6.07) is 1.77. The maximum Gasteiger partial charge on any atom is 0.143 e. The minimum atomic E-state index is 0.479. The Kier molecular flexibility index (Phi) is 1.48. The zero-order valence-electron chi connectivity index (χ0n) is 5.13. The first kappa shape index (κ1) is 5.81. The Hall–Kier alpha value is -1.32. The standard InChI is InChI=1S/C5H8N4/c1-7-5(6)4-2-3-8-9-4/h2-3H,1H3,(H2,6,7)(H,8,9). The van der Waals surface area contributed by atoms with Gasteiger partial charge < -0.3 is 5.73 Å². The van der Waals surface area contributed by atoms with E-state index in [4.69, 9.17) is 5.73 Å². The molecule has 0 radical (unpaired) electrons. The molecule has 1 rings (SSSR count). The first-order valence-corrected chi connectivity index (χ1v) is 2.56. The summed E-state index contributed by atoms with van der Waals surface area (Å²) < 4.78 is 0. The molecule has 0 bridgehead atoms. The lowest BCUT2D eigenvalue weighted by Crippen LogP contribution is -2.13.